The molecule has 1 aliphatic rings. The second-order valence-corrected chi connectivity index (χ2v) is 7.68. The van der Waals surface area contributed by atoms with Gasteiger partial charge < -0.3 is 19.2 Å². The molecule has 0 aliphatic heterocycles. The zero-order valence-corrected chi connectivity index (χ0v) is 16.7. The van der Waals surface area contributed by atoms with E-state index >= 15 is 0 Å². The molecule has 1 saturated carbocycles. The summed E-state index contributed by atoms with van der Waals surface area (Å²) < 4.78 is 16.2. The van der Waals surface area contributed by atoms with Crippen LogP contribution in [0.1, 0.15) is 32.6 Å². The number of nitrogens with one attached hydrogen (secondary N) is 1. The molecule has 0 radical (unpaired) electrons. The van der Waals surface area contributed by atoms with Crippen LogP contribution in [0.15, 0.2) is 27.8 Å². The Morgan fingerprint density at radius 1 is 1.22 bits per heavy atom. The van der Waals surface area contributed by atoms with Crippen molar-refractivity contribution in [1.82, 2.24) is 15.5 Å². The van der Waals surface area contributed by atoms with Crippen molar-refractivity contribution >= 4 is 17.7 Å². The molecule has 0 atom stereocenters. The summed E-state index contributed by atoms with van der Waals surface area (Å²) in [6, 6.07) is 5.64. The van der Waals surface area contributed by atoms with Crippen LogP contribution in [-0.2, 0) is 4.79 Å². The molecule has 0 unspecified atom stereocenters. The minimum absolute atomic E-state index is 0.00123. The quantitative estimate of drug-likeness (QED) is 0.722. The minimum Gasteiger partial charge on any atom is -0.497 e. The van der Waals surface area contributed by atoms with E-state index in [1.165, 1.54) is 24.6 Å². The van der Waals surface area contributed by atoms with Gasteiger partial charge in [-0.05, 0) is 43.7 Å². The van der Waals surface area contributed by atoms with Crippen molar-refractivity contribution in [1.29, 1.82) is 0 Å². The van der Waals surface area contributed by atoms with Crippen molar-refractivity contribution in [3.63, 3.8) is 0 Å². The average molecular weight is 391 g/mol. The molecule has 3 rings (SSSR count). The number of aromatic nitrogens is 2. The molecule has 146 valence electrons. The highest BCUT2D eigenvalue weighted by atomic mass is 32.2. The van der Waals surface area contributed by atoms with Gasteiger partial charge in [0.15, 0.2) is 0 Å². The highest BCUT2D eigenvalue weighted by Gasteiger charge is 2.20. The predicted molar refractivity (Wildman–Crippen MR) is 103 cm³/mol. The molecule has 1 N–H and O–H groups in total. The lowest BCUT2D eigenvalue weighted by molar-refractivity contribution is -0.119. The van der Waals surface area contributed by atoms with Gasteiger partial charge in [0.25, 0.3) is 11.1 Å². The van der Waals surface area contributed by atoms with Gasteiger partial charge in [0, 0.05) is 12.1 Å². The monoisotopic (exact) mass is 391 g/mol. The number of hydrogen-bond donors (Lipinski definition) is 1. The maximum absolute atomic E-state index is 12.2. The Kier molecular flexibility index (Phi) is 6.60. The molecule has 1 fully saturated rings. The molecule has 1 amide bonds. The maximum atomic E-state index is 12.2. The number of methoxy groups -OCH3 is 2. The summed E-state index contributed by atoms with van der Waals surface area (Å²) in [5.74, 6) is 2.63. The first-order valence-corrected chi connectivity index (χ1v) is 10.1. The number of benzene rings is 1. The topological polar surface area (TPSA) is 86.5 Å². The van der Waals surface area contributed by atoms with Crippen LogP contribution in [0.25, 0.3) is 11.5 Å². The number of thioether (sulfide) groups is 1. The first-order chi connectivity index (χ1) is 13.1. The third-order valence-electron chi connectivity index (χ3n) is 4.75. The lowest BCUT2D eigenvalue weighted by Crippen LogP contribution is -2.38. The summed E-state index contributed by atoms with van der Waals surface area (Å²) in [7, 11) is 3.16. The Hall–Kier alpha value is -2.22. The van der Waals surface area contributed by atoms with E-state index in [4.69, 9.17) is 13.9 Å². The summed E-state index contributed by atoms with van der Waals surface area (Å²) in [5.41, 5.74) is 0.679. The molecule has 1 heterocycles. The van der Waals surface area contributed by atoms with Gasteiger partial charge in [0.2, 0.25) is 5.91 Å². The predicted octanol–water partition coefficient (Wildman–Crippen LogP) is 3.54. The van der Waals surface area contributed by atoms with Gasteiger partial charge in [-0.2, -0.15) is 0 Å². The lowest BCUT2D eigenvalue weighted by Gasteiger charge is -2.26. The summed E-state index contributed by atoms with van der Waals surface area (Å²) in [4.78, 5) is 12.2. The van der Waals surface area contributed by atoms with Crippen molar-refractivity contribution in [3.8, 4) is 23.0 Å². The number of hydrogen-bond acceptors (Lipinski definition) is 7. The van der Waals surface area contributed by atoms with Gasteiger partial charge in [-0.3, -0.25) is 4.79 Å². The van der Waals surface area contributed by atoms with Crippen LogP contribution < -0.4 is 14.8 Å². The highest BCUT2D eigenvalue weighted by Crippen LogP contribution is 2.33. The molecule has 0 spiro atoms. The molecule has 0 bridgehead atoms. The SMILES string of the molecule is COc1ccc(-c2nnc(SCC(=O)NC3CCC(C)CC3)o2)c(OC)c1. The van der Waals surface area contributed by atoms with Gasteiger partial charge in [0.1, 0.15) is 11.5 Å². The smallest absolute Gasteiger partial charge is 0.277 e. The summed E-state index contributed by atoms with van der Waals surface area (Å²) in [6.45, 7) is 2.26. The Morgan fingerprint density at radius 3 is 2.70 bits per heavy atom. The molecule has 1 aromatic heterocycles. The fourth-order valence-electron chi connectivity index (χ4n) is 3.15. The molecular weight excluding hydrogens is 366 g/mol. The van der Waals surface area contributed by atoms with Gasteiger partial charge >= 0.3 is 0 Å². The highest BCUT2D eigenvalue weighted by molar-refractivity contribution is 7.99. The molecular formula is C19H25N3O4S. The summed E-state index contributed by atoms with van der Waals surface area (Å²) >= 11 is 1.24. The number of rotatable bonds is 7. The van der Waals surface area contributed by atoms with Crippen molar-refractivity contribution in [3.05, 3.63) is 18.2 Å². The van der Waals surface area contributed by atoms with Crippen molar-refractivity contribution in [2.45, 2.75) is 43.9 Å². The van der Waals surface area contributed by atoms with E-state index in [0.717, 1.165) is 18.8 Å². The van der Waals surface area contributed by atoms with Crippen molar-refractivity contribution < 1.29 is 18.7 Å². The van der Waals surface area contributed by atoms with Gasteiger partial charge in [-0.15, -0.1) is 10.2 Å². The Bertz CT molecular complexity index is 772. The maximum Gasteiger partial charge on any atom is 0.277 e. The fraction of sp³-hybridized carbons (Fsp3) is 0.526. The molecule has 1 aromatic carbocycles. The molecule has 1 aliphatic carbocycles. The van der Waals surface area contributed by atoms with E-state index in [-0.39, 0.29) is 17.7 Å². The van der Waals surface area contributed by atoms with Crippen LogP contribution in [0, 0.1) is 5.92 Å². The average Bonchev–Trinajstić information content (AvgIpc) is 3.16. The number of carbonyl (C=O) groups is 1. The molecule has 7 nitrogen and oxygen atoms in total. The van der Waals surface area contributed by atoms with Crippen LogP contribution in [0.3, 0.4) is 0 Å². The van der Waals surface area contributed by atoms with Crippen LogP contribution in [0.2, 0.25) is 0 Å². The van der Waals surface area contributed by atoms with E-state index in [2.05, 4.69) is 22.4 Å². The third kappa shape index (κ3) is 5.15. The molecule has 2 aromatic rings. The van der Waals surface area contributed by atoms with E-state index < -0.39 is 0 Å². The molecule has 8 heteroatoms. The van der Waals surface area contributed by atoms with Crippen molar-refractivity contribution in [2.24, 2.45) is 5.92 Å². The standard InChI is InChI=1S/C19H25N3O4S/c1-12-4-6-13(7-5-12)20-17(23)11-27-19-22-21-18(26-19)15-9-8-14(24-2)10-16(15)25-3/h8-10,12-13H,4-7,11H2,1-3H3,(H,20,23). The van der Waals surface area contributed by atoms with E-state index in [0.29, 0.717) is 28.2 Å². The largest absolute Gasteiger partial charge is 0.497 e. The number of amides is 1. The van der Waals surface area contributed by atoms with Crippen LogP contribution in [0.4, 0.5) is 0 Å². The number of carbonyl (C=O) groups excluding carboxylic acids is 1. The van der Waals surface area contributed by atoms with E-state index in [1.807, 2.05) is 0 Å². The van der Waals surface area contributed by atoms with Crippen molar-refractivity contribution in [2.75, 3.05) is 20.0 Å². The molecule has 27 heavy (non-hydrogen) atoms. The third-order valence-corrected chi connectivity index (χ3v) is 5.57. The molecule has 0 saturated heterocycles. The Morgan fingerprint density at radius 2 is 2.00 bits per heavy atom. The first kappa shape index (κ1) is 19.5. The summed E-state index contributed by atoms with van der Waals surface area (Å²) in [5, 5.41) is 11.5. The van der Waals surface area contributed by atoms with Gasteiger partial charge in [-0.1, -0.05) is 18.7 Å². The van der Waals surface area contributed by atoms with Crippen LogP contribution in [0.5, 0.6) is 11.5 Å². The number of ether oxygens (including phenoxy) is 2. The summed E-state index contributed by atoms with van der Waals surface area (Å²) in [6.07, 6.45) is 4.46. The van der Waals surface area contributed by atoms with E-state index in [9.17, 15) is 4.79 Å². The Labute approximate surface area is 163 Å². The fourth-order valence-corrected chi connectivity index (χ4v) is 3.73. The number of nitrogens with zero attached hydrogens (tertiary/aromatic N) is 2. The van der Waals surface area contributed by atoms with Crippen LogP contribution in [-0.4, -0.2) is 42.1 Å². The van der Waals surface area contributed by atoms with Crippen LogP contribution >= 0.6 is 11.8 Å². The van der Waals surface area contributed by atoms with Gasteiger partial charge in [-0.25, -0.2) is 0 Å². The minimum atomic E-state index is 0.00123. The normalized spacial score (nSPS) is 19.5. The Balaban J connectivity index is 1.56. The second-order valence-electron chi connectivity index (χ2n) is 6.75. The zero-order valence-electron chi connectivity index (χ0n) is 15.9. The van der Waals surface area contributed by atoms with E-state index in [1.54, 1.807) is 32.4 Å². The first-order valence-electron chi connectivity index (χ1n) is 9.07. The zero-order chi connectivity index (χ0) is 19.2. The second kappa shape index (κ2) is 9.12. The van der Waals surface area contributed by atoms with Gasteiger partial charge in [0.05, 0.1) is 25.5 Å². The lowest BCUT2D eigenvalue weighted by atomic mass is 9.87.